The Morgan fingerprint density at radius 2 is 1.61 bits per heavy atom. The number of sulfonamides is 1. The second-order valence-electron chi connectivity index (χ2n) is 13.8. The summed E-state index contributed by atoms with van der Waals surface area (Å²) in [6.07, 6.45) is 5.47. The second kappa shape index (κ2) is 19.5. The first-order valence-electron chi connectivity index (χ1n) is 18.5. The second-order valence-corrected chi connectivity index (χ2v) is 15.8. The zero-order chi connectivity index (χ0) is 38.5. The first kappa shape index (κ1) is 40.4. The number of benzene rings is 4. The number of hydrogen-bond acceptors (Lipinski definition) is 6. The van der Waals surface area contributed by atoms with Gasteiger partial charge in [0.25, 0.3) is 0 Å². The number of hydrogen-bond donors (Lipinski definition) is 0. The summed E-state index contributed by atoms with van der Waals surface area (Å²) in [5.41, 5.74) is 5.52. The SMILES string of the molecule is CC(=O)O[C@@H](CC[C@H]1C(=O)N(c2ccc(CCCN(C)S(C)(=O)=O)cc2)[C@@H]1c1ccc(C#CCCCCOCc2ccccc2)cc1)c1ccc(F)cc1. The van der Waals surface area contributed by atoms with Crippen molar-refractivity contribution in [2.24, 2.45) is 5.92 Å². The Morgan fingerprint density at radius 1 is 0.907 bits per heavy atom. The predicted octanol–water partition coefficient (Wildman–Crippen LogP) is 8.18. The van der Waals surface area contributed by atoms with Crippen molar-refractivity contribution in [2.45, 2.75) is 70.6 Å². The average Bonchev–Trinajstić information content (AvgIpc) is 3.15. The number of carbonyl (C=O) groups excluding carboxylic acids is 2. The highest BCUT2D eigenvalue weighted by Gasteiger charge is 2.48. The Morgan fingerprint density at radius 3 is 2.28 bits per heavy atom. The quantitative estimate of drug-likeness (QED) is 0.0441. The number of unbranched alkanes of at least 4 members (excludes halogenated alkanes) is 2. The van der Waals surface area contributed by atoms with E-state index in [-0.39, 0.29) is 23.7 Å². The van der Waals surface area contributed by atoms with E-state index in [1.807, 2.05) is 71.6 Å². The summed E-state index contributed by atoms with van der Waals surface area (Å²) in [6, 6.07) is 31.6. The first-order valence-corrected chi connectivity index (χ1v) is 20.3. The van der Waals surface area contributed by atoms with E-state index >= 15 is 0 Å². The summed E-state index contributed by atoms with van der Waals surface area (Å²) >= 11 is 0. The van der Waals surface area contributed by atoms with Crippen LogP contribution in [0, 0.1) is 23.6 Å². The van der Waals surface area contributed by atoms with Crippen molar-refractivity contribution in [1.29, 1.82) is 0 Å². The van der Waals surface area contributed by atoms with E-state index in [2.05, 4.69) is 24.0 Å². The maximum atomic E-state index is 13.9. The van der Waals surface area contributed by atoms with Crippen molar-refractivity contribution in [3.63, 3.8) is 0 Å². The van der Waals surface area contributed by atoms with Gasteiger partial charge >= 0.3 is 5.97 Å². The summed E-state index contributed by atoms with van der Waals surface area (Å²) in [6.45, 7) is 3.07. The van der Waals surface area contributed by atoms with Gasteiger partial charge in [-0.3, -0.25) is 9.59 Å². The molecule has 10 heteroatoms. The van der Waals surface area contributed by atoms with Crippen LogP contribution in [0.3, 0.4) is 0 Å². The van der Waals surface area contributed by atoms with Crippen LogP contribution in [0.5, 0.6) is 0 Å². The van der Waals surface area contributed by atoms with Crippen molar-refractivity contribution >= 4 is 27.6 Å². The Kier molecular flexibility index (Phi) is 14.6. The highest BCUT2D eigenvalue weighted by atomic mass is 32.2. The lowest BCUT2D eigenvalue weighted by Crippen LogP contribution is -2.55. The number of halogens is 1. The van der Waals surface area contributed by atoms with E-state index in [0.717, 1.165) is 41.6 Å². The average molecular weight is 753 g/mol. The number of amides is 1. The number of ether oxygens (including phenoxy) is 2. The van der Waals surface area contributed by atoms with Gasteiger partial charge in [-0.25, -0.2) is 17.1 Å². The Hall–Kier alpha value is -4.82. The predicted molar refractivity (Wildman–Crippen MR) is 209 cm³/mol. The van der Waals surface area contributed by atoms with Crippen LogP contribution in [0.4, 0.5) is 10.1 Å². The summed E-state index contributed by atoms with van der Waals surface area (Å²) in [5, 5.41) is 0. The zero-order valence-electron chi connectivity index (χ0n) is 31.2. The smallest absolute Gasteiger partial charge is 0.303 e. The molecule has 0 bridgehead atoms. The molecular formula is C44H49FN2O6S. The van der Waals surface area contributed by atoms with E-state index in [1.54, 1.807) is 19.2 Å². The Bertz CT molecular complexity index is 1990. The largest absolute Gasteiger partial charge is 0.458 e. The van der Waals surface area contributed by atoms with Gasteiger partial charge in [-0.05, 0) is 97.2 Å². The number of β-lactam (4-membered cyclic amide) rings is 1. The van der Waals surface area contributed by atoms with E-state index in [1.165, 1.54) is 35.2 Å². The molecule has 4 aromatic rings. The third kappa shape index (κ3) is 11.6. The van der Waals surface area contributed by atoms with Gasteiger partial charge in [-0.1, -0.05) is 78.6 Å². The molecule has 1 aliphatic heterocycles. The van der Waals surface area contributed by atoms with Crippen LogP contribution in [0.25, 0.3) is 0 Å². The van der Waals surface area contributed by atoms with Crippen LogP contribution < -0.4 is 4.90 Å². The molecule has 1 amide bonds. The van der Waals surface area contributed by atoms with Crippen molar-refractivity contribution < 1.29 is 31.9 Å². The fourth-order valence-corrected chi connectivity index (χ4v) is 7.07. The number of rotatable bonds is 18. The molecule has 5 rings (SSSR count). The van der Waals surface area contributed by atoms with E-state index < -0.39 is 22.1 Å². The number of nitrogens with zero attached hydrogens (tertiary/aromatic N) is 2. The number of aryl methyl sites for hydroxylation is 1. The molecule has 1 saturated heterocycles. The molecule has 4 aromatic carbocycles. The van der Waals surface area contributed by atoms with Gasteiger partial charge in [0.05, 0.1) is 24.8 Å². The van der Waals surface area contributed by atoms with Crippen molar-refractivity contribution in [1.82, 2.24) is 4.31 Å². The van der Waals surface area contributed by atoms with Gasteiger partial charge < -0.3 is 14.4 Å². The topological polar surface area (TPSA) is 93.2 Å². The van der Waals surface area contributed by atoms with Crippen molar-refractivity contribution in [3.8, 4) is 11.8 Å². The standard InChI is InChI=1S/C44H49FN2O6S/c1-33(48)53-42(37-22-24-39(45)25-23-37)29-28-41-43(47(44(41)49)40-26-18-35(19-27-40)15-11-30-46(2)54(3,50)51)38-20-16-34(17-21-38)12-7-4-5-10-31-52-32-36-13-8-6-9-14-36/h6,8-9,13-14,16-27,41-43H,4-5,10-11,15,28-32H2,1-3H3/t41-,42+,43-/m1/s1. The lowest BCUT2D eigenvalue weighted by Gasteiger charge is -2.48. The Balaban J connectivity index is 1.24. The minimum Gasteiger partial charge on any atom is -0.458 e. The molecule has 0 aliphatic carbocycles. The maximum Gasteiger partial charge on any atom is 0.303 e. The number of esters is 1. The van der Waals surface area contributed by atoms with Gasteiger partial charge in [0.2, 0.25) is 15.9 Å². The molecule has 0 spiro atoms. The minimum absolute atomic E-state index is 0.0279. The van der Waals surface area contributed by atoms with Gasteiger partial charge in [0.1, 0.15) is 11.9 Å². The van der Waals surface area contributed by atoms with Crippen LogP contribution >= 0.6 is 0 Å². The fraction of sp³-hybridized carbons (Fsp3) is 0.364. The molecule has 1 fully saturated rings. The molecule has 1 heterocycles. The molecule has 0 saturated carbocycles. The van der Waals surface area contributed by atoms with Crippen LogP contribution in [-0.2, 0) is 42.1 Å². The van der Waals surface area contributed by atoms with Gasteiger partial charge in [-0.2, -0.15) is 0 Å². The van der Waals surface area contributed by atoms with E-state index in [4.69, 9.17) is 9.47 Å². The van der Waals surface area contributed by atoms with Gasteiger partial charge in [0, 0.05) is 44.8 Å². The first-order chi connectivity index (χ1) is 26.0. The minimum atomic E-state index is -3.23. The highest BCUT2D eigenvalue weighted by Crippen LogP contribution is 2.46. The molecule has 0 radical (unpaired) electrons. The van der Waals surface area contributed by atoms with E-state index in [9.17, 15) is 22.4 Å². The lowest BCUT2D eigenvalue weighted by atomic mass is 9.78. The summed E-state index contributed by atoms with van der Waals surface area (Å²) < 4.78 is 49.9. The number of anilines is 1. The fourth-order valence-electron chi connectivity index (χ4n) is 6.61. The van der Waals surface area contributed by atoms with Crippen LogP contribution in [0.2, 0.25) is 0 Å². The number of carbonyl (C=O) groups is 2. The monoisotopic (exact) mass is 752 g/mol. The highest BCUT2D eigenvalue weighted by molar-refractivity contribution is 7.88. The normalized spacial score (nSPS) is 16.0. The van der Waals surface area contributed by atoms with Gasteiger partial charge in [0.15, 0.2) is 0 Å². The van der Waals surface area contributed by atoms with Crippen LogP contribution in [-0.4, -0.2) is 51.1 Å². The molecule has 54 heavy (non-hydrogen) atoms. The van der Waals surface area contributed by atoms with Crippen LogP contribution in [0.1, 0.15) is 85.4 Å². The molecule has 0 unspecified atom stereocenters. The van der Waals surface area contributed by atoms with Crippen molar-refractivity contribution in [3.05, 3.63) is 137 Å². The molecular weight excluding hydrogens is 704 g/mol. The third-order valence-electron chi connectivity index (χ3n) is 9.66. The molecule has 3 atom stereocenters. The molecule has 1 aliphatic rings. The molecule has 284 valence electrons. The Labute approximate surface area is 319 Å². The zero-order valence-corrected chi connectivity index (χ0v) is 32.1. The summed E-state index contributed by atoms with van der Waals surface area (Å²) in [5.74, 6) is 5.31. The van der Waals surface area contributed by atoms with Crippen LogP contribution in [0.15, 0.2) is 103 Å². The maximum absolute atomic E-state index is 13.9. The molecule has 0 N–H and O–H groups in total. The van der Waals surface area contributed by atoms with Crippen molar-refractivity contribution in [2.75, 3.05) is 31.4 Å². The van der Waals surface area contributed by atoms with Gasteiger partial charge in [-0.15, -0.1) is 0 Å². The molecule has 8 nitrogen and oxygen atoms in total. The lowest BCUT2D eigenvalue weighted by molar-refractivity contribution is -0.147. The summed E-state index contributed by atoms with van der Waals surface area (Å²) in [4.78, 5) is 27.7. The molecule has 0 aromatic heterocycles. The third-order valence-corrected chi connectivity index (χ3v) is 11.0. The summed E-state index contributed by atoms with van der Waals surface area (Å²) in [7, 11) is -1.66. The van der Waals surface area contributed by atoms with E-state index in [0.29, 0.717) is 51.0 Å².